The maximum atomic E-state index is 6.12. The van der Waals surface area contributed by atoms with Crippen molar-refractivity contribution in [2.75, 3.05) is 0 Å². The lowest BCUT2D eigenvalue weighted by atomic mass is 10.1. The van der Waals surface area contributed by atoms with Crippen LogP contribution in [0.3, 0.4) is 0 Å². The van der Waals surface area contributed by atoms with Crippen molar-refractivity contribution in [3.63, 3.8) is 0 Å². The minimum Gasteiger partial charge on any atom is -0.256 e. The van der Waals surface area contributed by atoms with Crippen LogP contribution in [-0.4, -0.2) is 4.98 Å². The molecular formula is C13H8ClN. The Morgan fingerprint density at radius 1 is 0.933 bits per heavy atom. The average molecular weight is 214 g/mol. The van der Waals surface area contributed by atoms with Crippen LogP contribution in [0.1, 0.15) is 0 Å². The summed E-state index contributed by atoms with van der Waals surface area (Å²) in [6.45, 7) is 0. The molecule has 0 N–H and O–H groups in total. The first-order valence-electron chi connectivity index (χ1n) is 4.77. The lowest BCUT2D eigenvalue weighted by Gasteiger charge is -2.02. The van der Waals surface area contributed by atoms with Crippen LogP contribution < -0.4 is 0 Å². The van der Waals surface area contributed by atoms with Gasteiger partial charge in [-0.1, -0.05) is 35.9 Å². The molecule has 0 unspecified atom stereocenters. The molecule has 0 spiro atoms. The van der Waals surface area contributed by atoms with Crippen molar-refractivity contribution in [1.82, 2.24) is 4.98 Å². The van der Waals surface area contributed by atoms with Crippen molar-refractivity contribution < 1.29 is 0 Å². The van der Waals surface area contributed by atoms with Crippen molar-refractivity contribution in [3.05, 3.63) is 53.7 Å². The zero-order valence-corrected chi connectivity index (χ0v) is 8.70. The first-order chi connectivity index (χ1) is 7.34. The second-order valence-electron chi connectivity index (χ2n) is 3.51. The summed E-state index contributed by atoms with van der Waals surface area (Å²) in [4.78, 5) is 4.31. The molecule has 0 amide bonds. The fourth-order valence-corrected chi connectivity index (χ4v) is 2.01. The van der Waals surface area contributed by atoms with Crippen molar-refractivity contribution in [2.24, 2.45) is 0 Å². The van der Waals surface area contributed by atoms with Crippen LogP contribution in [0.4, 0.5) is 0 Å². The third kappa shape index (κ3) is 1.36. The molecule has 0 radical (unpaired) electrons. The first kappa shape index (κ1) is 8.69. The number of aromatic nitrogens is 1. The number of nitrogens with zero attached hydrogens (tertiary/aromatic N) is 1. The van der Waals surface area contributed by atoms with Crippen molar-refractivity contribution in [1.29, 1.82) is 0 Å². The van der Waals surface area contributed by atoms with E-state index in [9.17, 15) is 0 Å². The average Bonchev–Trinajstić information content (AvgIpc) is 2.27. The molecule has 0 aliphatic rings. The Bertz CT molecular complexity index is 646. The van der Waals surface area contributed by atoms with Gasteiger partial charge in [-0.25, -0.2) is 0 Å². The fraction of sp³-hybridized carbons (Fsp3) is 0. The van der Waals surface area contributed by atoms with Crippen LogP contribution in [0.15, 0.2) is 48.7 Å². The summed E-state index contributed by atoms with van der Waals surface area (Å²) in [7, 11) is 0. The number of pyridine rings is 1. The number of halogens is 1. The van der Waals surface area contributed by atoms with Crippen molar-refractivity contribution >= 4 is 33.3 Å². The van der Waals surface area contributed by atoms with Crippen molar-refractivity contribution in [2.45, 2.75) is 0 Å². The van der Waals surface area contributed by atoms with Crippen LogP contribution in [-0.2, 0) is 0 Å². The topological polar surface area (TPSA) is 12.9 Å². The minimum absolute atomic E-state index is 0.755. The molecule has 1 aromatic heterocycles. The zero-order chi connectivity index (χ0) is 10.3. The highest BCUT2D eigenvalue weighted by Crippen LogP contribution is 2.26. The highest BCUT2D eigenvalue weighted by molar-refractivity contribution is 6.35. The SMILES string of the molecule is Clc1ccnc2cc3ccccc3cc12. The third-order valence-electron chi connectivity index (χ3n) is 2.56. The molecule has 0 fully saturated rings. The van der Waals surface area contributed by atoms with E-state index in [0.29, 0.717) is 0 Å². The second kappa shape index (κ2) is 3.21. The van der Waals surface area contributed by atoms with Gasteiger partial charge in [0.25, 0.3) is 0 Å². The van der Waals surface area contributed by atoms with Gasteiger partial charge in [0.2, 0.25) is 0 Å². The summed E-state index contributed by atoms with van der Waals surface area (Å²) in [5, 5.41) is 4.16. The normalized spacial score (nSPS) is 11.0. The van der Waals surface area contributed by atoms with Gasteiger partial charge < -0.3 is 0 Å². The van der Waals surface area contributed by atoms with Gasteiger partial charge in [0.15, 0.2) is 0 Å². The van der Waals surface area contributed by atoms with Gasteiger partial charge in [0.1, 0.15) is 0 Å². The summed E-state index contributed by atoms with van der Waals surface area (Å²) < 4.78 is 0. The molecule has 0 bridgehead atoms. The van der Waals surface area contributed by atoms with Crippen LogP contribution >= 0.6 is 11.6 Å². The zero-order valence-electron chi connectivity index (χ0n) is 7.94. The number of fused-ring (bicyclic) bond motifs is 2. The quantitative estimate of drug-likeness (QED) is 0.514. The largest absolute Gasteiger partial charge is 0.256 e. The molecule has 15 heavy (non-hydrogen) atoms. The Hall–Kier alpha value is -1.60. The highest BCUT2D eigenvalue weighted by Gasteiger charge is 2.01. The summed E-state index contributed by atoms with van der Waals surface area (Å²) in [5.74, 6) is 0. The van der Waals surface area contributed by atoms with E-state index >= 15 is 0 Å². The molecule has 3 rings (SSSR count). The Morgan fingerprint density at radius 3 is 2.47 bits per heavy atom. The van der Waals surface area contributed by atoms with Gasteiger partial charge in [-0.15, -0.1) is 0 Å². The molecular weight excluding hydrogens is 206 g/mol. The molecule has 2 heteroatoms. The monoisotopic (exact) mass is 213 g/mol. The van der Waals surface area contributed by atoms with E-state index in [2.05, 4.69) is 29.2 Å². The minimum atomic E-state index is 0.755. The fourth-order valence-electron chi connectivity index (χ4n) is 1.80. The van der Waals surface area contributed by atoms with E-state index in [4.69, 9.17) is 11.6 Å². The standard InChI is InChI=1S/C13H8ClN/c14-12-5-6-15-13-8-10-4-2-1-3-9(10)7-11(12)13/h1-8H. The number of hydrogen-bond donors (Lipinski definition) is 0. The first-order valence-corrected chi connectivity index (χ1v) is 5.15. The van der Waals surface area contributed by atoms with E-state index < -0.39 is 0 Å². The van der Waals surface area contributed by atoms with Gasteiger partial charge in [-0.05, 0) is 29.0 Å². The van der Waals surface area contributed by atoms with Crippen LogP contribution in [0, 0.1) is 0 Å². The number of benzene rings is 2. The number of rotatable bonds is 0. The van der Waals surface area contributed by atoms with Crippen LogP contribution in [0.5, 0.6) is 0 Å². The van der Waals surface area contributed by atoms with Crippen LogP contribution in [0.25, 0.3) is 21.7 Å². The summed E-state index contributed by atoms with van der Waals surface area (Å²) in [6, 6.07) is 14.2. The molecule has 2 aromatic carbocycles. The molecule has 1 nitrogen and oxygen atoms in total. The van der Waals surface area contributed by atoms with E-state index in [-0.39, 0.29) is 0 Å². The lowest BCUT2D eigenvalue weighted by Crippen LogP contribution is -1.80. The summed E-state index contributed by atoms with van der Waals surface area (Å²) in [6.07, 6.45) is 1.74. The predicted octanol–water partition coefficient (Wildman–Crippen LogP) is 4.04. The maximum Gasteiger partial charge on any atom is 0.0723 e. The molecule has 0 aliphatic heterocycles. The molecule has 0 saturated carbocycles. The van der Waals surface area contributed by atoms with Gasteiger partial charge >= 0.3 is 0 Å². The molecule has 72 valence electrons. The van der Waals surface area contributed by atoms with Gasteiger partial charge in [-0.2, -0.15) is 0 Å². The Balaban J connectivity index is 2.53. The maximum absolute atomic E-state index is 6.12. The van der Waals surface area contributed by atoms with E-state index in [1.807, 2.05) is 18.2 Å². The predicted molar refractivity (Wildman–Crippen MR) is 64.3 cm³/mol. The molecule has 0 saturated heterocycles. The van der Waals surface area contributed by atoms with Gasteiger partial charge in [0.05, 0.1) is 10.5 Å². The molecule has 3 aromatic rings. The van der Waals surface area contributed by atoms with Gasteiger partial charge in [-0.3, -0.25) is 4.98 Å². The molecule has 0 aliphatic carbocycles. The lowest BCUT2D eigenvalue weighted by molar-refractivity contribution is 1.42. The Kier molecular flexibility index (Phi) is 1.86. The van der Waals surface area contributed by atoms with E-state index in [1.54, 1.807) is 6.20 Å². The number of hydrogen-bond acceptors (Lipinski definition) is 1. The summed E-state index contributed by atoms with van der Waals surface area (Å²) in [5.41, 5.74) is 0.946. The smallest absolute Gasteiger partial charge is 0.0723 e. The van der Waals surface area contributed by atoms with E-state index in [0.717, 1.165) is 15.9 Å². The highest BCUT2D eigenvalue weighted by atomic mass is 35.5. The molecule has 1 heterocycles. The Labute approximate surface area is 92.3 Å². The third-order valence-corrected chi connectivity index (χ3v) is 2.89. The summed E-state index contributed by atoms with van der Waals surface area (Å²) >= 11 is 6.12. The van der Waals surface area contributed by atoms with E-state index in [1.165, 1.54) is 10.8 Å². The Morgan fingerprint density at radius 2 is 1.67 bits per heavy atom. The molecule has 0 atom stereocenters. The van der Waals surface area contributed by atoms with Gasteiger partial charge in [0, 0.05) is 11.6 Å². The van der Waals surface area contributed by atoms with Crippen LogP contribution in [0.2, 0.25) is 5.02 Å². The second-order valence-corrected chi connectivity index (χ2v) is 3.92. The van der Waals surface area contributed by atoms with Crippen molar-refractivity contribution in [3.8, 4) is 0 Å².